The lowest BCUT2D eigenvalue weighted by atomic mass is 10.0. The minimum Gasteiger partial charge on any atom is -0.324 e. The number of hydrogen-bond acceptors (Lipinski definition) is 2. The molecule has 3 rings (SSSR count). The minimum absolute atomic E-state index is 0.0482. The maximum absolute atomic E-state index is 12.8. The van der Waals surface area contributed by atoms with Crippen LogP contribution in [0.15, 0.2) is 78.9 Å². The fourth-order valence-corrected chi connectivity index (χ4v) is 3.13. The van der Waals surface area contributed by atoms with Crippen LogP contribution in [0.4, 0.5) is 5.69 Å². The maximum atomic E-state index is 12.8. The average Bonchev–Trinajstić information content (AvgIpc) is 2.70. The molecule has 1 N–H and O–H groups in total. The normalized spacial score (nSPS) is 12.0. The molecule has 0 aromatic heterocycles. The molecule has 0 spiro atoms. The van der Waals surface area contributed by atoms with Gasteiger partial charge < -0.3 is 5.32 Å². The van der Waals surface area contributed by atoms with Crippen LogP contribution >= 0.6 is 11.6 Å². The Morgan fingerprint density at radius 2 is 1.59 bits per heavy atom. The molecule has 3 aromatic rings. The highest BCUT2D eigenvalue weighted by Crippen LogP contribution is 2.28. The van der Waals surface area contributed by atoms with Gasteiger partial charge in [0, 0.05) is 22.8 Å². The Kier molecular flexibility index (Phi) is 6.28. The van der Waals surface area contributed by atoms with Crippen molar-refractivity contribution in [3.63, 3.8) is 0 Å². The maximum Gasteiger partial charge on any atom is 0.241 e. The van der Waals surface area contributed by atoms with Crippen LogP contribution in [0, 0.1) is 0 Å². The molecule has 0 fully saturated rings. The molecular weight excluding hydrogens is 356 g/mol. The number of rotatable bonds is 6. The second kappa shape index (κ2) is 8.85. The van der Waals surface area contributed by atoms with Crippen molar-refractivity contribution in [3.05, 3.63) is 89.4 Å². The zero-order valence-corrected chi connectivity index (χ0v) is 16.3. The van der Waals surface area contributed by atoms with E-state index in [0.29, 0.717) is 11.6 Å². The largest absolute Gasteiger partial charge is 0.324 e. The monoisotopic (exact) mass is 378 g/mol. The summed E-state index contributed by atoms with van der Waals surface area (Å²) in [6, 6.07) is 25.3. The van der Waals surface area contributed by atoms with Gasteiger partial charge >= 0.3 is 0 Å². The van der Waals surface area contributed by atoms with Crippen molar-refractivity contribution in [1.82, 2.24) is 4.90 Å². The van der Waals surface area contributed by atoms with Gasteiger partial charge in [0.15, 0.2) is 0 Å². The first-order valence-corrected chi connectivity index (χ1v) is 9.33. The quantitative estimate of drug-likeness (QED) is 0.617. The summed E-state index contributed by atoms with van der Waals surface area (Å²) in [6.45, 7) is 2.51. The molecule has 4 heteroatoms. The van der Waals surface area contributed by atoms with Crippen LogP contribution in [0.2, 0.25) is 5.02 Å². The number of amides is 1. The van der Waals surface area contributed by atoms with Gasteiger partial charge in [0.1, 0.15) is 0 Å². The first-order valence-electron chi connectivity index (χ1n) is 8.95. The molecule has 27 heavy (non-hydrogen) atoms. The highest BCUT2D eigenvalue weighted by atomic mass is 35.5. The molecule has 1 unspecified atom stereocenters. The summed E-state index contributed by atoms with van der Waals surface area (Å²) >= 11 is 6.24. The third-order valence-electron chi connectivity index (χ3n) is 4.69. The number of nitrogens with zero attached hydrogens (tertiary/aromatic N) is 1. The Balaban J connectivity index is 1.73. The second-order valence-corrected chi connectivity index (χ2v) is 6.99. The lowest BCUT2D eigenvalue weighted by molar-refractivity contribution is -0.120. The van der Waals surface area contributed by atoms with Gasteiger partial charge in [-0.25, -0.2) is 0 Å². The first kappa shape index (κ1) is 19.2. The molecule has 3 aromatic carbocycles. The Labute approximate surface area is 165 Å². The predicted octanol–water partition coefficient (Wildman–Crippen LogP) is 5.47. The van der Waals surface area contributed by atoms with E-state index in [9.17, 15) is 4.79 Å². The second-order valence-electron chi connectivity index (χ2n) is 6.58. The summed E-state index contributed by atoms with van der Waals surface area (Å²) in [5, 5.41) is 3.79. The number of likely N-dealkylation sites (N-methyl/N-ethyl adjacent to an activating group) is 1. The standard InChI is InChI=1S/C23H23ClN2O/c1-17(26(2)16-19-12-6-8-14-21(19)24)23(27)25-22-15-9-7-13-20(22)18-10-4-3-5-11-18/h3-15,17H,16H2,1-2H3,(H,25,27). The van der Waals surface area contributed by atoms with E-state index >= 15 is 0 Å². The van der Waals surface area contributed by atoms with E-state index < -0.39 is 0 Å². The molecule has 0 aliphatic rings. The summed E-state index contributed by atoms with van der Waals surface area (Å²) < 4.78 is 0. The highest BCUT2D eigenvalue weighted by molar-refractivity contribution is 6.31. The lowest BCUT2D eigenvalue weighted by Crippen LogP contribution is -2.39. The van der Waals surface area contributed by atoms with Crippen LogP contribution in [0.5, 0.6) is 0 Å². The van der Waals surface area contributed by atoms with Crippen molar-refractivity contribution in [2.45, 2.75) is 19.5 Å². The average molecular weight is 379 g/mol. The highest BCUT2D eigenvalue weighted by Gasteiger charge is 2.20. The van der Waals surface area contributed by atoms with Gasteiger partial charge in [0.25, 0.3) is 0 Å². The molecule has 0 saturated carbocycles. The van der Waals surface area contributed by atoms with E-state index in [2.05, 4.69) is 5.32 Å². The Morgan fingerprint density at radius 1 is 0.963 bits per heavy atom. The van der Waals surface area contributed by atoms with E-state index in [1.807, 2.05) is 97.7 Å². The number of nitrogens with one attached hydrogen (secondary N) is 1. The molecule has 0 saturated heterocycles. The van der Waals surface area contributed by atoms with Gasteiger partial charge in [-0.2, -0.15) is 0 Å². The molecule has 1 amide bonds. The van der Waals surface area contributed by atoms with Crippen molar-refractivity contribution in [3.8, 4) is 11.1 Å². The fraction of sp³-hybridized carbons (Fsp3) is 0.174. The lowest BCUT2D eigenvalue weighted by Gasteiger charge is -2.25. The summed E-state index contributed by atoms with van der Waals surface area (Å²) in [5.74, 6) is -0.0482. The van der Waals surface area contributed by atoms with E-state index in [1.54, 1.807) is 0 Å². The van der Waals surface area contributed by atoms with Gasteiger partial charge in [-0.05, 0) is 37.2 Å². The molecule has 0 bridgehead atoms. The van der Waals surface area contributed by atoms with Crippen molar-refractivity contribution in [1.29, 1.82) is 0 Å². The Hall–Kier alpha value is -2.62. The topological polar surface area (TPSA) is 32.3 Å². The number of benzene rings is 3. The van der Waals surface area contributed by atoms with E-state index in [0.717, 1.165) is 22.4 Å². The molecule has 1 atom stereocenters. The van der Waals surface area contributed by atoms with Crippen molar-refractivity contribution < 1.29 is 4.79 Å². The molecule has 0 aliphatic heterocycles. The van der Waals surface area contributed by atoms with Crippen LogP contribution in [0.25, 0.3) is 11.1 Å². The number of carbonyl (C=O) groups excluding carboxylic acids is 1. The van der Waals surface area contributed by atoms with Crippen LogP contribution in [0.1, 0.15) is 12.5 Å². The van der Waals surface area contributed by atoms with Crippen LogP contribution in [-0.2, 0) is 11.3 Å². The molecule has 0 aliphatic carbocycles. The van der Waals surface area contributed by atoms with Gasteiger partial charge in [0.2, 0.25) is 5.91 Å². The number of para-hydroxylation sites is 1. The summed E-state index contributed by atoms with van der Waals surface area (Å²) in [7, 11) is 1.93. The third-order valence-corrected chi connectivity index (χ3v) is 5.06. The van der Waals surface area contributed by atoms with Crippen LogP contribution < -0.4 is 5.32 Å². The fourth-order valence-electron chi connectivity index (χ4n) is 2.93. The zero-order valence-electron chi connectivity index (χ0n) is 15.5. The molecular formula is C23H23ClN2O. The van der Waals surface area contributed by atoms with Crippen molar-refractivity contribution >= 4 is 23.2 Å². The number of halogens is 1. The summed E-state index contributed by atoms with van der Waals surface area (Å²) in [6.07, 6.45) is 0. The van der Waals surface area contributed by atoms with Gasteiger partial charge in [0.05, 0.1) is 6.04 Å². The van der Waals surface area contributed by atoms with E-state index in [-0.39, 0.29) is 11.9 Å². The van der Waals surface area contributed by atoms with Crippen molar-refractivity contribution in [2.75, 3.05) is 12.4 Å². The zero-order chi connectivity index (χ0) is 19.2. The van der Waals surface area contributed by atoms with Crippen molar-refractivity contribution in [2.24, 2.45) is 0 Å². The van der Waals surface area contributed by atoms with Gasteiger partial charge in [-0.15, -0.1) is 0 Å². The SMILES string of the molecule is CC(C(=O)Nc1ccccc1-c1ccccc1)N(C)Cc1ccccc1Cl. The minimum atomic E-state index is -0.301. The summed E-state index contributed by atoms with van der Waals surface area (Å²) in [4.78, 5) is 14.8. The van der Waals surface area contributed by atoms with E-state index in [1.165, 1.54) is 0 Å². The van der Waals surface area contributed by atoms with Gasteiger partial charge in [-0.1, -0.05) is 78.3 Å². The summed E-state index contributed by atoms with van der Waals surface area (Å²) in [5.41, 5.74) is 3.90. The van der Waals surface area contributed by atoms with E-state index in [4.69, 9.17) is 11.6 Å². The number of hydrogen-bond donors (Lipinski definition) is 1. The predicted molar refractivity (Wildman–Crippen MR) is 113 cm³/mol. The first-order chi connectivity index (χ1) is 13.1. The van der Waals surface area contributed by atoms with Gasteiger partial charge in [-0.3, -0.25) is 9.69 Å². The number of anilines is 1. The molecule has 138 valence electrons. The third kappa shape index (κ3) is 4.76. The van der Waals surface area contributed by atoms with Crippen LogP contribution in [0.3, 0.4) is 0 Å². The number of carbonyl (C=O) groups is 1. The smallest absolute Gasteiger partial charge is 0.241 e. The Morgan fingerprint density at radius 3 is 2.33 bits per heavy atom. The molecule has 0 radical (unpaired) electrons. The van der Waals surface area contributed by atoms with Crippen LogP contribution in [-0.4, -0.2) is 23.9 Å². The molecule has 3 nitrogen and oxygen atoms in total. The Bertz CT molecular complexity index is 911. The molecule has 0 heterocycles.